The lowest BCUT2D eigenvalue weighted by Crippen LogP contribution is -2.26. The first-order chi connectivity index (χ1) is 9.78. The average molecular weight is 331 g/mol. The van der Waals surface area contributed by atoms with Crippen LogP contribution in [0.15, 0.2) is 0 Å². The predicted octanol–water partition coefficient (Wildman–Crippen LogP) is -1.80. The van der Waals surface area contributed by atoms with Gasteiger partial charge in [-0.05, 0) is 45.4 Å². The number of phosphoric ester groups is 1. The maximum atomic E-state index is 10.0. The number of nitrogens with two attached hydrogens (primary N) is 2. The second-order valence-electron chi connectivity index (χ2n) is 3.99. The number of aliphatic carboxylic acids is 1. The molecule has 0 aromatic rings. The highest BCUT2D eigenvalue weighted by Crippen LogP contribution is 2.37. The molecule has 11 heteroatoms. The van der Waals surface area contributed by atoms with Crippen molar-refractivity contribution in [3.63, 3.8) is 0 Å². The Hall–Kier alpha value is -0.580. The van der Waals surface area contributed by atoms with Gasteiger partial charge in [-0.2, -0.15) is 0 Å². The van der Waals surface area contributed by atoms with Crippen molar-refractivity contribution in [1.82, 2.24) is 5.32 Å². The summed E-state index contributed by atoms with van der Waals surface area (Å²) in [5.74, 6) is -1.63. The quantitative estimate of drug-likeness (QED) is 0.168. The molecule has 0 amide bonds. The van der Waals surface area contributed by atoms with Gasteiger partial charge in [0.2, 0.25) is 0 Å². The minimum Gasteiger partial charge on any atom is -0.479 e. The molecule has 10 nitrogen and oxygen atoms in total. The molecule has 0 aliphatic heterocycles. The van der Waals surface area contributed by atoms with Crippen LogP contribution in [0.3, 0.4) is 0 Å². The summed E-state index contributed by atoms with van der Waals surface area (Å²) in [5, 5.41) is 19.6. The largest absolute Gasteiger partial charge is 0.479 e. The van der Waals surface area contributed by atoms with Gasteiger partial charge < -0.3 is 36.8 Å². The summed E-state index contributed by atoms with van der Waals surface area (Å²) < 4.78 is 13.7. The van der Waals surface area contributed by atoms with E-state index in [0.29, 0.717) is 0 Å². The third-order valence-corrected chi connectivity index (χ3v) is 2.60. The summed E-state index contributed by atoms with van der Waals surface area (Å²) >= 11 is 0. The van der Waals surface area contributed by atoms with Crippen LogP contribution in [-0.2, 0) is 13.9 Å². The van der Waals surface area contributed by atoms with Gasteiger partial charge in [0.05, 0.1) is 6.61 Å². The van der Waals surface area contributed by atoms with Crippen LogP contribution in [0.25, 0.3) is 0 Å². The van der Waals surface area contributed by atoms with E-state index in [1.165, 1.54) is 6.42 Å². The van der Waals surface area contributed by atoms with E-state index < -0.39 is 26.5 Å². The number of aliphatic hydroxyl groups is 1. The van der Waals surface area contributed by atoms with E-state index >= 15 is 0 Å². The van der Waals surface area contributed by atoms with Crippen LogP contribution in [0.4, 0.5) is 0 Å². The number of hydrogen-bond donors (Lipinski definition) is 7. The van der Waals surface area contributed by atoms with Gasteiger partial charge in [-0.25, -0.2) is 9.36 Å². The maximum Gasteiger partial charge on any atom is 0.470 e. The third-order valence-electron chi connectivity index (χ3n) is 2.07. The molecule has 21 heavy (non-hydrogen) atoms. The van der Waals surface area contributed by atoms with Gasteiger partial charge in [0.25, 0.3) is 0 Å². The summed E-state index contributed by atoms with van der Waals surface area (Å²) in [7, 11) is -4.83. The van der Waals surface area contributed by atoms with Crippen molar-refractivity contribution in [2.45, 2.75) is 25.4 Å². The van der Waals surface area contributed by atoms with Crippen molar-refractivity contribution in [1.29, 1.82) is 0 Å². The summed E-state index contributed by atoms with van der Waals surface area (Å²) in [6.45, 7) is 2.72. The van der Waals surface area contributed by atoms with Gasteiger partial charge >= 0.3 is 13.8 Å². The van der Waals surface area contributed by atoms with Crippen LogP contribution in [0.2, 0.25) is 0 Å². The van der Waals surface area contributed by atoms with Gasteiger partial charge in [-0.1, -0.05) is 0 Å². The second kappa shape index (κ2) is 14.4. The Bertz CT molecular complexity index is 292. The number of hydrogen-bond acceptors (Lipinski definition) is 7. The minimum absolute atomic E-state index is 0.782. The van der Waals surface area contributed by atoms with Crippen molar-refractivity contribution in [2.75, 3.05) is 32.8 Å². The molecule has 128 valence electrons. The summed E-state index contributed by atoms with van der Waals surface area (Å²) in [4.78, 5) is 26.1. The molecule has 0 radical (unpaired) electrons. The first kappa shape index (κ1) is 22.7. The van der Waals surface area contributed by atoms with Crippen molar-refractivity contribution in [2.24, 2.45) is 11.5 Å². The molecular formula is C10H26N3O7P. The number of unbranched alkanes of at least 4 members (excludes halogenated alkanes) is 1. The topological polar surface area (TPSA) is 188 Å². The Morgan fingerprint density at radius 3 is 2.00 bits per heavy atom. The zero-order chi connectivity index (χ0) is 16.7. The highest BCUT2D eigenvalue weighted by molar-refractivity contribution is 7.46. The van der Waals surface area contributed by atoms with Crippen LogP contribution in [0.1, 0.15) is 19.3 Å². The van der Waals surface area contributed by atoms with Crippen LogP contribution < -0.4 is 16.8 Å². The maximum absolute atomic E-state index is 10.0. The smallest absolute Gasteiger partial charge is 0.470 e. The lowest BCUT2D eigenvalue weighted by Gasteiger charge is -2.10. The summed E-state index contributed by atoms with van der Waals surface area (Å²) in [6, 6.07) is 0. The second-order valence-corrected chi connectivity index (χ2v) is 5.19. The average Bonchev–Trinajstić information content (AvgIpc) is 2.39. The van der Waals surface area contributed by atoms with Gasteiger partial charge in [-0.15, -0.1) is 0 Å². The van der Waals surface area contributed by atoms with Crippen LogP contribution >= 0.6 is 7.82 Å². The standard InChI is InChI=1S/C7H19N3.C3H7O7P/c8-4-1-2-6-10-7-3-5-9;4-1-2(3(5)6)10-11(7,8)9/h10H,1-9H2;2,4H,1H2,(H,5,6)(H2,7,8,9). The Balaban J connectivity index is 0. The predicted molar refractivity (Wildman–Crippen MR) is 76.5 cm³/mol. The zero-order valence-corrected chi connectivity index (χ0v) is 12.7. The molecule has 0 bridgehead atoms. The number of nitrogens with one attached hydrogen (secondary N) is 1. The molecule has 0 spiro atoms. The van der Waals surface area contributed by atoms with E-state index in [4.69, 9.17) is 31.5 Å². The van der Waals surface area contributed by atoms with Crippen molar-refractivity contribution in [3.05, 3.63) is 0 Å². The lowest BCUT2D eigenvalue weighted by atomic mass is 10.3. The number of rotatable bonds is 11. The third kappa shape index (κ3) is 19.4. The number of carboxylic acids is 1. The molecular weight excluding hydrogens is 305 g/mol. The normalized spacial score (nSPS) is 12.4. The highest BCUT2D eigenvalue weighted by Gasteiger charge is 2.26. The number of carboxylic acid groups (broad SMARTS) is 1. The van der Waals surface area contributed by atoms with Crippen molar-refractivity contribution < 1.29 is 33.9 Å². The van der Waals surface area contributed by atoms with Crippen molar-refractivity contribution in [3.8, 4) is 0 Å². The lowest BCUT2D eigenvalue weighted by molar-refractivity contribution is -0.147. The molecule has 0 rings (SSSR count). The molecule has 0 saturated carbocycles. The van der Waals surface area contributed by atoms with Gasteiger partial charge in [-0.3, -0.25) is 4.52 Å². The van der Waals surface area contributed by atoms with Gasteiger partial charge in [0.1, 0.15) is 0 Å². The Morgan fingerprint density at radius 1 is 1.14 bits per heavy atom. The van der Waals surface area contributed by atoms with E-state index in [2.05, 4.69) is 9.84 Å². The molecule has 9 N–H and O–H groups in total. The van der Waals surface area contributed by atoms with Crippen LogP contribution in [-0.4, -0.2) is 64.9 Å². The minimum atomic E-state index is -4.83. The fourth-order valence-electron chi connectivity index (χ4n) is 1.07. The number of aliphatic hydroxyl groups excluding tert-OH is 1. The fraction of sp³-hybridized carbons (Fsp3) is 0.900. The highest BCUT2D eigenvalue weighted by atomic mass is 31.2. The number of carbonyl (C=O) groups is 1. The first-order valence-electron chi connectivity index (χ1n) is 6.47. The van der Waals surface area contributed by atoms with Gasteiger partial charge in [0.15, 0.2) is 6.10 Å². The zero-order valence-electron chi connectivity index (χ0n) is 11.8. The molecule has 0 fully saturated rings. The van der Waals surface area contributed by atoms with E-state index in [0.717, 1.165) is 39.0 Å². The van der Waals surface area contributed by atoms with E-state index in [1.807, 2.05) is 0 Å². The van der Waals surface area contributed by atoms with Gasteiger partial charge in [0, 0.05) is 0 Å². The molecule has 0 aromatic carbocycles. The van der Waals surface area contributed by atoms with Crippen LogP contribution in [0, 0.1) is 0 Å². The SMILES string of the molecule is NCCCCNCCCN.O=C(O)C(CO)OP(=O)(O)O. The summed E-state index contributed by atoms with van der Waals surface area (Å²) in [6.07, 6.45) is 1.50. The Kier molecular flexibility index (Phi) is 15.5. The molecule has 0 aromatic heterocycles. The Labute approximate surface area is 123 Å². The molecule has 1 unspecified atom stereocenters. The van der Waals surface area contributed by atoms with E-state index in [-0.39, 0.29) is 0 Å². The molecule has 0 heterocycles. The summed E-state index contributed by atoms with van der Waals surface area (Å²) in [5.41, 5.74) is 10.6. The monoisotopic (exact) mass is 331 g/mol. The fourth-order valence-corrected chi connectivity index (χ4v) is 1.56. The first-order valence-corrected chi connectivity index (χ1v) is 8.00. The molecule has 0 aliphatic rings. The van der Waals surface area contributed by atoms with Crippen LogP contribution in [0.5, 0.6) is 0 Å². The van der Waals surface area contributed by atoms with E-state index in [1.54, 1.807) is 0 Å². The number of phosphoric acid groups is 1. The van der Waals surface area contributed by atoms with Crippen molar-refractivity contribution >= 4 is 13.8 Å². The Morgan fingerprint density at radius 2 is 1.67 bits per heavy atom. The molecule has 0 saturated heterocycles. The molecule has 1 atom stereocenters. The molecule has 0 aliphatic carbocycles. The van der Waals surface area contributed by atoms with E-state index in [9.17, 15) is 9.36 Å².